The summed E-state index contributed by atoms with van der Waals surface area (Å²) in [7, 11) is -2.21. The summed E-state index contributed by atoms with van der Waals surface area (Å²) in [6.45, 7) is 0. The number of sulfonamides is 1. The average molecular weight is 361 g/mol. The fourth-order valence-electron chi connectivity index (χ4n) is 2.30. The molecule has 1 amide bonds. The van der Waals surface area contributed by atoms with E-state index < -0.39 is 10.0 Å². The first-order chi connectivity index (χ1) is 9.44. The van der Waals surface area contributed by atoms with Crippen molar-refractivity contribution in [3.05, 3.63) is 28.2 Å². The minimum Gasteiger partial charge on any atom is -0.349 e. The Labute approximate surface area is 127 Å². The molecule has 0 bridgehead atoms. The van der Waals surface area contributed by atoms with Crippen molar-refractivity contribution >= 4 is 31.9 Å². The number of carbonyl (C=O) groups is 1. The molecule has 1 aromatic carbocycles. The van der Waals surface area contributed by atoms with Gasteiger partial charge < -0.3 is 5.32 Å². The lowest BCUT2D eigenvalue weighted by Crippen LogP contribution is -2.33. The van der Waals surface area contributed by atoms with E-state index >= 15 is 0 Å². The lowest BCUT2D eigenvalue weighted by Gasteiger charge is -2.13. The molecule has 0 spiro atoms. The van der Waals surface area contributed by atoms with Gasteiger partial charge in [-0.25, -0.2) is 13.1 Å². The van der Waals surface area contributed by atoms with Gasteiger partial charge in [0.05, 0.1) is 10.5 Å². The molecule has 0 saturated heterocycles. The van der Waals surface area contributed by atoms with Crippen LogP contribution in [0.4, 0.5) is 0 Å². The Morgan fingerprint density at radius 1 is 1.30 bits per heavy atom. The van der Waals surface area contributed by atoms with Gasteiger partial charge in [0.25, 0.3) is 5.91 Å². The quantitative estimate of drug-likeness (QED) is 0.862. The molecule has 0 atom stereocenters. The van der Waals surface area contributed by atoms with Crippen LogP contribution in [0.3, 0.4) is 0 Å². The van der Waals surface area contributed by atoms with E-state index in [0.717, 1.165) is 25.7 Å². The number of amides is 1. The lowest BCUT2D eigenvalue weighted by molar-refractivity contribution is 0.0937. The number of nitrogens with one attached hydrogen (secondary N) is 2. The van der Waals surface area contributed by atoms with Gasteiger partial charge in [-0.15, -0.1) is 0 Å². The highest BCUT2D eigenvalue weighted by atomic mass is 79.9. The fraction of sp³-hybridized carbons (Fsp3) is 0.462. The minimum atomic E-state index is -3.55. The fourth-order valence-corrected chi connectivity index (χ4v) is 3.48. The van der Waals surface area contributed by atoms with Crippen molar-refractivity contribution in [1.82, 2.24) is 10.0 Å². The van der Waals surface area contributed by atoms with E-state index in [1.54, 1.807) is 6.07 Å². The van der Waals surface area contributed by atoms with Crippen LogP contribution in [0.5, 0.6) is 0 Å². The number of hydrogen-bond acceptors (Lipinski definition) is 3. The Hall–Kier alpha value is -0.920. The predicted octanol–water partition coefficient (Wildman–Crippen LogP) is 2.03. The van der Waals surface area contributed by atoms with Crippen molar-refractivity contribution in [1.29, 1.82) is 0 Å². The zero-order valence-electron chi connectivity index (χ0n) is 11.1. The molecular formula is C13H17BrN2O3S. The van der Waals surface area contributed by atoms with E-state index in [2.05, 4.69) is 26.0 Å². The van der Waals surface area contributed by atoms with Crippen LogP contribution in [-0.4, -0.2) is 27.4 Å². The molecule has 20 heavy (non-hydrogen) atoms. The molecule has 7 heteroatoms. The topological polar surface area (TPSA) is 75.3 Å². The third-order valence-electron chi connectivity index (χ3n) is 3.45. The standard InChI is InChI=1S/C13H17BrN2O3S/c1-15-20(18,19)10-6-7-12(14)11(8-10)13(17)16-9-4-2-3-5-9/h6-9,15H,2-5H2,1H3,(H,16,17). The first kappa shape index (κ1) is 15.5. The van der Waals surface area contributed by atoms with Gasteiger partial charge >= 0.3 is 0 Å². The van der Waals surface area contributed by atoms with Crippen LogP contribution in [0.15, 0.2) is 27.6 Å². The summed E-state index contributed by atoms with van der Waals surface area (Å²) in [4.78, 5) is 12.3. The van der Waals surface area contributed by atoms with Crippen molar-refractivity contribution in [2.75, 3.05) is 7.05 Å². The molecule has 2 N–H and O–H groups in total. The molecule has 1 aliphatic carbocycles. The van der Waals surface area contributed by atoms with Crippen molar-refractivity contribution in [3.63, 3.8) is 0 Å². The highest BCUT2D eigenvalue weighted by molar-refractivity contribution is 9.10. The third-order valence-corrected chi connectivity index (χ3v) is 5.56. The van der Waals surface area contributed by atoms with Crippen LogP contribution in [0.25, 0.3) is 0 Å². The predicted molar refractivity (Wildman–Crippen MR) is 80.1 cm³/mol. The van der Waals surface area contributed by atoms with Gasteiger partial charge in [0.2, 0.25) is 10.0 Å². The second-order valence-electron chi connectivity index (χ2n) is 4.80. The Kier molecular flexibility index (Phi) is 4.82. The van der Waals surface area contributed by atoms with Crippen molar-refractivity contribution < 1.29 is 13.2 Å². The largest absolute Gasteiger partial charge is 0.349 e. The first-order valence-electron chi connectivity index (χ1n) is 6.48. The number of halogens is 1. The first-order valence-corrected chi connectivity index (χ1v) is 8.75. The molecule has 0 heterocycles. The van der Waals surface area contributed by atoms with E-state index in [0.29, 0.717) is 10.0 Å². The second-order valence-corrected chi connectivity index (χ2v) is 7.54. The number of carbonyl (C=O) groups excluding carboxylic acids is 1. The van der Waals surface area contributed by atoms with E-state index in [9.17, 15) is 13.2 Å². The molecule has 1 aliphatic rings. The Bertz CT molecular complexity index is 610. The maximum atomic E-state index is 12.2. The molecule has 5 nitrogen and oxygen atoms in total. The van der Waals surface area contributed by atoms with E-state index in [1.165, 1.54) is 19.2 Å². The molecule has 2 rings (SSSR count). The second kappa shape index (κ2) is 6.24. The summed E-state index contributed by atoms with van der Waals surface area (Å²) >= 11 is 3.29. The average Bonchev–Trinajstić information content (AvgIpc) is 2.91. The highest BCUT2D eigenvalue weighted by Gasteiger charge is 2.21. The van der Waals surface area contributed by atoms with E-state index in [-0.39, 0.29) is 16.8 Å². The Morgan fingerprint density at radius 2 is 1.95 bits per heavy atom. The monoisotopic (exact) mass is 360 g/mol. The van der Waals surface area contributed by atoms with Crippen molar-refractivity contribution in [2.24, 2.45) is 0 Å². The molecule has 0 radical (unpaired) electrons. The zero-order chi connectivity index (χ0) is 14.8. The molecule has 110 valence electrons. The van der Waals surface area contributed by atoms with Gasteiger partial charge in [0.15, 0.2) is 0 Å². The lowest BCUT2D eigenvalue weighted by atomic mass is 10.2. The minimum absolute atomic E-state index is 0.0831. The van der Waals surface area contributed by atoms with Crippen LogP contribution in [0.2, 0.25) is 0 Å². The molecule has 0 unspecified atom stereocenters. The SMILES string of the molecule is CNS(=O)(=O)c1ccc(Br)c(C(=O)NC2CCCC2)c1. The van der Waals surface area contributed by atoms with Crippen molar-refractivity contribution in [3.8, 4) is 0 Å². The maximum absolute atomic E-state index is 12.2. The molecule has 0 aromatic heterocycles. The summed E-state index contributed by atoms with van der Waals surface area (Å²) in [6, 6.07) is 4.62. The van der Waals surface area contributed by atoms with Gasteiger partial charge in [-0.05, 0) is 54.0 Å². The maximum Gasteiger partial charge on any atom is 0.252 e. The van der Waals surface area contributed by atoms with Crippen LogP contribution < -0.4 is 10.0 Å². The van der Waals surface area contributed by atoms with Gasteiger partial charge in [0, 0.05) is 10.5 Å². The Morgan fingerprint density at radius 3 is 2.55 bits per heavy atom. The van der Waals surface area contributed by atoms with Gasteiger partial charge in [-0.2, -0.15) is 0 Å². The van der Waals surface area contributed by atoms with E-state index in [4.69, 9.17) is 0 Å². The van der Waals surface area contributed by atoms with Gasteiger partial charge in [0.1, 0.15) is 0 Å². The number of benzene rings is 1. The zero-order valence-corrected chi connectivity index (χ0v) is 13.6. The van der Waals surface area contributed by atoms with Crippen LogP contribution >= 0.6 is 15.9 Å². The molecule has 1 saturated carbocycles. The van der Waals surface area contributed by atoms with Crippen LogP contribution in [0.1, 0.15) is 36.0 Å². The summed E-state index contributed by atoms with van der Waals surface area (Å²) in [5.74, 6) is -0.239. The van der Waals surface area contributed by atoms with E-state index in [1.807, 2.05) is 0 Å². The van der Waals surface area contributed by atoms with Gasteiger partial charge in [-0.3, -0.25) is 4.79 Å². The molecule has 1 fully saturated rings. The van der Waals surface area contributed by atoms with Crippen LogP contribution in [-0.2, 0) is 10.0 Å². The molecule has 0 aliphatic heterocycles. The number of rotatable bonds is 4. The highest BCUT2D eigenvalue weighted by Crippen LogP contribution is 2.23. The van der Waals surface area contributed by atoms with Gasteiger partial charge in [-0.1, -0.05) is 12.8 Å². The smallest absolute Gasteiger partial charge is 0.252 e. The summed E-state index contributed by atoms with van der Waals surface area (Å²) in [5, 5.41) is 2.95. The normalized spacial score (nSPS) is 16.3. The summed E-state index contributed by atoms with van der Waals surface area (Å²) in [5.41, 5.74) is 0.341. The summed E-state index contributed by atoms with van der Waals surface area (Å²) < 4.78 is 26.4. The molecule has 1 aromatic rings. The summed E-state index contributed by atoms with van der Waals surface area (Å²) in [6.07, 6.45) is 4.22. The van der Waals surface area contributed by atoms with Crippen LogP contribution in [0, 0.1) is 0 Å². The van der Waals surface area contributed by atoms with Crippen molar-refractivity contribution in [2.45, 2.75) is 36.6 Å². The third kappa shape index (κ3) is 3.39. The molecular weight excluding hydrogens is 344 g/mol. The Balaban J connectivity index is 2.26. The number of hydrogen-bond donors (Lipinski definition) is 2.